The molecule has 0 saturated heterocycles. The lowest BCUT2D eigenvalue weighted by Gasteiger charge is -2.25. The third-order valence-electron chi connectivity index (χ3n) is 7.46. The second-order valence-corrected chi connectivity index (χ2v) is 22.0. The van der Waals surface area contributed by atoms with Gasteiger partial charge in [0.25, 0.3) is 0 Å². The van der Waals surface area contributed by atoms with Crippen LogP contribution in [0.5, 0.6) is 0 Å². The summed E-state index contributed by atoms with van der Waals surface area (Å²) in [5, 5.41) is 3.30. The van der Waals surface area contributed by atoms with Crippen molar-refractivity contribution in [2.45, 2.75) is 39.8 Å². The van der Waals surface area contributed by atoms with Crippen LogP contribution in [-0.2, 0) is 29.4 Å². The van der Waals surface area contributed by atoms with Crippen molar-refractivity contribution in [3.05, 3.63) is 60.7 Å². The summed E-state index contributed by atoms with van der Waals surface area (Å²) in [6, 6.07) is 8.30. The average molecular weight is 642 g/mol. The lowest BCUT2D eigenvalue weighted by molar-refractivity contribution is 0.0876. The maximum absolute atomic E-state index is 6.12. The minimum Gasteiger partial charge on any atom is -0.360 e. The average Bonchev–Trinajstić information content (AvgIpc) is 3.60. The van der Waals surface area contributed by atoms with Crippen LogP contribution in [0, 0.1) is 0 Å². The maximum Gasteiger partial charge on any atom is 0.127 e. The van der Waals surface area contributed by atoms with Gasteiger partial charge in [-0.3, -0.25) is 9.97 Å². The Morgan fingerprint density at radius 2 is 1.20 bits per heavy atom. The fourth-order valence-corrected chi connectivity index (χ4v) is 5.86. The topological polar surface area (TPSA) is 91.9 Å². The van der Waals surface area contributed by atoms with E-state index < -0.39 is 20.1 Å². The summed E-state index contributed by atoms with van der Waals surface area (Å²) < 4.78 is 16.5. The van der Waals surface area contributed by atoms with Gasteiger partial charge in [0.15, 0.2) is 0 Å². The number of aryl methyl sites for hydroxylation is 1. The molecular formula is C33H51N7O2S2. The summed E-state index contributed by atoms with van der Waals surface area (Å²) in [4.78, 5) is 18.9. The Bertz CT molecular complexity index is 1470. The van der Waals surface area contributed by atoms with Crippen LogP contribution in [0.4, 0.5) is 0 Å². The molecule has 0 aliphatic heterocycles. The minimum absolute atomic E-state index is 0.0938. The molecule has 1 atom stereocenters. The zero-order valence-electron chi connectivity index (χ0n) is 28.0. The summed E-state index contributed by atoms with van der Waals surface area (Å²) in [5.41, 5.74) is 5.62. The number of aromatic nitrogens is 6. The van der Waals surface area contributed by atoms with Gasteiger partial charge in [0, 0.05) is 41.4 Å². The van der Waals surface area contributed by atoms with Crippen molar-refractivity contribution >= 4 is 20.1 Å². The minimum atomic E-state index is -0.608. The van der Waals surface area contributed by atoms with Crippen molar-refractivity contribution in [3.63, 3.8) is 0 Å². The van der Waals surface area contributed by atoms with Crippen molar-refractivity contribution in [2.75, 3.05) is 69.3 Å². The molecule has 9 nitrogen and oxygen atoms in total. The number of hydrogen-bond acceptors (Lipinski definition) is 7. The van der Waals surface area contributed by atoms with Crippen LogP contribution in [0.15, 0.2) is 49.1 Å². The van der Waals surface area contributed by atoms with Gasteiger partial charge >= 0.3 is 0 Å². The molecule has 242 valence electrons. The summed E-state index contributed by atoms with van der Waals surface area (Å²) in [5.74, 6) is 4.12. The molecule has 0 bridgehead atoms. The monoisotopic (exact) mass is 641 g/mol. The maximum atomic E-state index is 6.12. The molecule has 44 heavy (non-hydrogen) atoms. The van der Waals surface area contributed by atoms with Crippen LogP contribution < -0.4 is 5.32 Å². The summed E-state index contributed by atoms with van der Waals surface area (Å²) in [6.45, 7) is 6.65. The predicted molar refractivity (Wildman–Crippen MR) is 189 cm³/mol. The van der Waals surface area contributed by atoms with Crippen LogP contribution in [-0.4, -0.2) is 98.4 Å². The zero-order valence-corrected chi connectivity index (χ0v) is 29.6. The van der Waals surface area contributed by atoms with E-state index in [-0.39, 0.29) is 6.04 Å². The fraction of sp³-hybridized carbons (Fsp3) is 0.515. The molecule has 0 amide bonds. The van der Waals surface area contributed by atoms with E-state index in [9.17, 15) is 0 Å². The zero-order chi connectivity index (χ0) is 31.9. The van der Waals surface area contributed by atoms with Crippen molar-refractivity contribution in [3.8, 4) is 33.9 Å². The Morgan fingerprint density at radius 1 is 0.705 bits per heavy atom. The van der Waals surface area contributed by atoms with Gasteiger partial charge in [0.1, 0.15) is 25.1 Å². The SMILES string of the molecule is CCc1ncc(-c2ccc(-c3ccc(-c4cnc([C@H](C)NC)n4COCCS(C)(C)C)cn3)nc2)n1COCCS(C)(C)C. The number of ether oxygens (including phenoxy) is 2. The standard InChI is InChI=1S/C33H51N7O2S2/c1-10-32-37-21-30(39(32)23-41-15-17-43(4,5)6)26-11-13-28(35-19-26)29-14-12-27(20-36-29)31-22-38-33(25(2)34-3)40(31)24-42-16-18-44(7,8)9/h11-14,19-22,25,34H,10,15-18,23-24H2,1-9H3/t25-/m0/s1. The van der Waals surface area contributed by atoms with Crippen LogP contribution in [0.3, 0.4) is 0 Å². The molecule has 0 aromatic carbocycles. The fourth-order valence-electron chi connectivity index (χ4n) is 4.62. The van der Waals surface area contributed by atoms with Crippen LogP contribution in [0.2, 0.25) is 0 Å². The van der Waals surface area contributed by atoms with Crippen LogP contribution >= 0.6 is 20.1 Å². The number of pyridine rings is 2. The Balaban J connectivity index is 1.49. The van der Waals surface area contributed by atoms with Crippen LogP contribution in [0.25, 0.3) is 33.9 Å². The second kappa shape index (κ2) is 15.1. The highest BCUT2D eigenvalue weighted by Gasteiger charge is 2.18. The first kappa shape index (κ1) is 34.2. The Morgan fingerprint density at radius 3 is 1.66 bits per heavy atom. The Labute approximate surface area is 266 Å². The van der Waals surface area contributed by atoms with E-state index in [0.29, 0.717) is 13.5 Å². The Hall–Kier alpha value is -2.70. The molecule has 0 aliphatic carbocycles. The molecule has 4 rings (SSSR count). The van der Waals surface area contributed by atoms with Crippen LogP contribution in [0.1, 0.15) is 31.5 Å². The highest BCUT2D eigenvalue weighted by molar-refractivity contribution is 8.32. The molecule has 1 N–H and O–H groups in total. The van der Waals surface area contributed by atoms with Crippen molar-refractivity contribution in [2.24, 2.45) is 0 Å². The van der Waals surface area contributed by atoms with Crippen molar-refractivity contribution in [1.82, 2.24) is 34.4 Å². The first-order chi connectivity index (χ1) is 20.9. The molecule has 4 aromatic rings. The van der Waals surface area contributed by atoms with Gasteiger partial charge in [-0.25, -0.2) is 30.0 Å². The number of rotatable bonds is 16. The molecule has 4 aromatic heterocycles. The summed E-state index contributed by atoms with van der Waals surface area (Å²) >= 11 is 0. The lowest BCUT2D eigenvalue weighted by atomic mass is 10.1. The van der Waals surface area contributed by atoms with E-state index in [1.807, 2.05) is 44.0 Å². The molecule has 0 fully saturated rings. The smallest absolute Gasteiger partial charge is 0.127 e. The van der Waals surface area contributed by atoms with E-state index in [0.717, 1.165) is 76.7 Å². The number of nitrogens with zero attached hydrogens (tertiary/aromatic N) is 6. The van der Waals surface area contributed by atoms with Crippen molar-refractivity contribution < 1.29 is 9.47 Å². The lowest BCUT2D eigenvalue weighted by Crippen LogP contribution is -2.20. The van der Waals surface area contributed by atoms with Gasteiger partial charge in [0.05, 0.1) is 54.4 Å². The Kier molecular flexibility index (Phi) is 11.7. The van der Waals surface area contributed by atoms with E-state index in [1.54, 1.807) is 0 Å². The quantitative estimate of drug-likeness (QED) is 0.149. The molecule has 0 saturated carbocycles. The van der Waals surface area contributed by atoms with E-state index in [1.165, 1.54) is 0 Å². The number of imidazole rings is 2. The van der Waals surface area contributed by atoms with Gasteiger partial charge in [-0.2, -0.15) is 0 Å². The summed E-state index contributed by atoms with van der Waals surface area (Å²) in [7, 11) is 0.752. The molecule has 0 radical (unpaired) electrons. The second-order valence-electron chi connectivity index (χ2n) is 12.8. The van der Waals surface area contributed by atoms with E-state index >= 15 is 0 Å². The largest absolute Gasteiger partial charge is 0.360 e. The number of hydrogen-bond donors (Lipinski definition) is 1. The highest BCUT2D eigenvalue weighted by atomic mass is 32.3. The van der Waals surface area contributed by atoms with Crippen molar-refractivity contribution in [1.29, 1.82) is 0 Å². The normalized spacial score (nSPS) is 13.8. The van der Waals surface area contributed by atoms with Gasteiger partial charge in [0.2, 0.25) is 0 Å². The molecule has 0 unspecified atom stereocenters. The molecule has 0 spiro atoms. The predicted octanol–water partition coefficient (Wildman–Crippen LogP) is 6.05. The van der Waals surface area contributed by atoms with Gasteiger partial charge in [-0.05, 0) is 75.8 Å². The van der Waals surface area contributed by atoms with E-state index in [4.69, 9.17) is 24.4 Å². The molecule has 4 heterocycles. The van der Waals surface area contributed by atoms with E-state index in [2.05, 4.69) is 82.9 Å². The first-order valence-corrected chi connectivity index (χ1v) is 21.1. The van der Waals surface area contributed by atoms with Gasteiger partial charge in [-0.1, -0.05) is 6.92 Å². The third kappa shape index (κ3) is 9.17. The molecular weight excluding hydrogens is 591 g/mol. The summed E-state index contributed by atoms with van der Waals surface area (Å²) in [6.07, 6.45) is 22.3. The number of nitrogens with one attached hydrogen (secondary N) is 1. The molecule has 0 aliphatic rings. The highest BCUT2D eigenvalue weighted by Crippen LogP contribution is 2.34. The van der Waals surface area contributed by atoms with Gasteiger partial charge in [-0.15, -0.1) is 0 Å². The third-order valence-corrected chi connectivity index (χ3v) is 10.2. The first-order valence-electron chi connectivity index (χ1n) is 15.1. The van der Waals surface area contributed by atoms with Gasteiger partial charge < -0.3 is 23.9 Å². The molecule has 11 heteroatoms.